The molecule has 70 heavy (non-hydrogen) atoms. The number of hydrogen-bond acceptors (Lipinski definition) is 18. The number of methoxy groups -OCH3 is 1. The molecular weight excluding hydrogens is 944 g/mol. The van der Waals surface area contributed by atoms with Gasteiger partial charge in [-0.25, -0.2) is 9.97 Å². The number of nitrogens with zero attached hydrogens (tertiary/aromatic N) is 6. The van der Waals surface area contributed by atoms with Crippen LogP contribution < -0.4 is 30.7 Å². The lowest BCUT2D eigenvalue weighted by Crippen LogP contribution is -2.51. The maximum absolute atomic E-state index is 13.4. The number of rotatable bonds is 28. The maximum atomic E-state index is 13.4. The number of amides is 3. The summed E-state index contributed by atoms with van der Waals surface area (Å²) in [6, 6.07) is 10.9. The molecule has 20 nitrogen and oxygen atoms in total. The standard InChI is InChI=1S/C48H65ClN10O10S/c1-32(50-3)44(61)53-33(2)46(62)59-13-7-10-40(59)45-54-39(31-70-45)42(60)34-8-6-9-36(28-34)69-27-26-68-25-24-67-23-22-66-21-20-65-19-18-57-14-16-58(17-15-57)47(63)35-11-12-38(41(29-35)64-5)55-48-52-30-37(49)43(51-4)56-48/h6,8-9,11-12,28-33,40,50H,7,10,13-27H2,1-5H3,(H,53,61)(H2,51,52,55,56)/t32-,33-,40?/m0/s1. The Morgan fingerprint density at radius 3 is 2.21 bits per heavy atom. The van der Waals surface area contributed by atoms with Gasteiger partial charge in [0.2, 0.25) is 23.5 Å². The van der Waals surface area contributed by atoms with Crippen molar-refractivity contribution in [1.82, 2.24) is 40.3 Å². The molecule has 0 bridgehead atoms. The number of carbonyl (C=O) groups is 4. The van der Waals surface area contributed by atoms with E-state index in [1.165, 1.54) is 17.5 Å². The minimum atomic E-state index is -0.684. The Morgan fingerprint density at radius 1 is 0.829 bits per heavy atom. The maximum Gasteiger partial charge on any atom is 0.254 e. The predicted octanol–water partition coefficient (Wildman–Crippen LogP) is 4.29. The third kappa shape index (κ3) is 15.5. The number of likely N-dealkylation sites (N-methyl/N-ethyl adjacent to an activating group) is 1. The molecule has 6 rings (SSSR count). The molecule has 0 saturated carbocycles. The summed E-state index contributed by atoms with van der Waals surface area (Å²) < 4.78 is 34.1. The fourth-order valence-electron chi connectivity index (χ4n) is 7.67. The molecule has 4 aromatic rings. The normalized spacial score (nSPS) is 15.9. The second-order valence-corrected chi connectivity index (χ2v) is 17.8. The fraction of sp³-hybridized carbons (Fsp3) is 0.521. The monoisotopic (exact) mass is 1010 g/mol. The van der Waals surface area contributed by atoms with Crippen LogP contribution in [0.3, 0.4) is 0 Å². The zero-order valence-corrected chi connectivity index (χ0v) is 42.1. The zero-order valence-electron chi connectivity index (χ0n) is 40.5. The lowest BCUT2D eigenvalue weighted by Gasteiger charge is -2.34. The van der Waals surface area contributed by atoms with Crippen LogP contribution in [0.1, 0.15) is 64.1 Å². The number of thiazole rings is 1. The third-order valence-electron chi connectivity index (χ3n) is 11.7. The van der Waals surface area contributed by atoms with Crippen molar-refractivity contribution in [3.8, 4) is 11.5 Å². The molecule has 2 aliphatic heterocycles. The summed E-state index contributed by atoms with van der Waals surface area (Å²) in [5.41, 5.74) is 1.91. The molecule has 4 N–H and O–H groups in total. The lowest BCUT2D eigenvalue weighted by molar-refractivity contribution is -0.137. The molecule has 0 aliphatic carbocycles. The Balaban J connectivity index is 0.766. The zero-order chi connectivity index (χ0) is 49.8. The van der Waals surface area contributed by atoms with E-state index in [1.54, 1.807) is 87.8 Å². The number of benzene rings is 2. The molecule has 2 aliphatic rings. The number of hydrogen-bond donors (Lipinski definition) is 4. The Labute approximate surface area is 418 Å². The Bertz CT molecular complexity index is 2340. The van der Waals surface area contributed by atoms with Gasteiger partial charge in [-0.05, 0) is 64.1 Å². The van der Waals surface area contributed by atoms with Crippen LogP contribution in [-0.2, 0) is 28.5 Å². The molecule has 3 amide bonds. The first-order valence-electron chi connectivity index (χ1n) is 23.5. The van der Waals surface area contributed by atoms with Crippen molar-refractivity contribution in [3.63, 3.8) is 0 Å². The highest BCUT2D eigenvalue weighted by molar-refractivity contribution is 7.10. The van der Waals surface area contributed by atoms with Crippen LogP contribution in [0.15, 0.2) is 54.0 Å². The molecule has 2 aromatic heterocycles. The summed E-state index contributed by atoms with van der Waals surface area (Å²) >= 11 is 7.46. The van der Waals surface area contributed by atoms with E-state index in [9.17, 15) is 19.2 Å². The van der Waals surface area contributed by atoms with Gasteiger partial charge in [0.05, 0.1) is 83.9 Å². The van der Waals surface area contributed by atoms with E-state index in [4.69, 9.17) is 40.0 Å². The molecule has 380 valence electrons. The first kappa shape index (κ1) is 53.8. The number of aromatic nitrogens is 3. The number of carbonyl (C=O) groups excluding carboxylic acids is 4. The van der Waals surface area contributed by atoms with Gasteiger partial charge in [-0.15, -0.1) is 11.3 Å². The summed E-state index contributed by atoms with van der Waals surface area (Å²) in [7, 11) is 4.96. The van der Waals surface area contributed by atoms with Crippen LogP contribution >= 0.6 is 22.9 Å². The minimum absolute atomic E-state index is 0.0561. The topological polar surface area (TPSA) is 220 Å². The highest BCUT2D eigenvalue weighted by Gasteiger charge is 2.35. The van der Waals surface area contributed by atoms with Gasteiger partial charge in [0, 0.05) is 62.8 Å². The number of ketones is 1. The molecule has 1 unspecified atom stereocenters. The van der Waals surface area contributed by atoms with Gasteiger partial charge in [0.1, 0.15) is 45.7 Å². The first-order valence-corrected chi connectivity index (χ1v) is 24.7. The third-order valence-corrected chi connectivity index (χ3v) is 12.9. The van der Waals surface area contributed by atoms with Gasteiger partial charge in [-0.2, -0.15) is 4.98 Å². The second kappa shape index (κ2) is 27.8. The van der Waals surface area contributed by atoms with Crippen LogP contribution in [0.25, 0.3) is 0 Å². The molecular formula is C48H65ClN10O10S. The highest BCUT2D eigenvalue weighted by atomic mass is 35.5. The van der Waals surface area contributed by atoms with E-state index < -0.39 is 12.1 Å². The van der Waals surface area contributed by atoms with Gasteiger partial charge < -0.3 is 59.5 Å². The second-order valence-electron chi connectivity index (χ2n) is 16.5. The van der Waals surface area contributed by atoms with Crippen molar-refractivity contribution in [3.05, 3.63) is 80.9 Å². The largest absolute Gasteiger partial charge is 0.495 e. The van der Waals surface area contributed by atoms with Crippen molar-refractivity contribution < 1.29 is 47.6 Å². The molecule has 3 atom stereocenters. The average Bonchev–Trinajstić information content (AvgIpc) is 4.08. The molecule has 22 heteroatoms. The SMILES string of the molecule is CNc1nc(Nc2ccc(C(=O)N3CCN(CCOCCOCCOCCOCCOc4cccc(C(=O)c5csc(C6CCCN6C(=O)[C@H](C)NC(=O)[C@H](C)NC)n5)c4)CC3)cc2OC)ncc1Cl. The Kier molecular flexibility index (Phi) is 21.3. The van der Waals surface area contributed by atoms with E-state index in [2.05, 4.69) is 41.1 Å². The summed E-state index contributed by atoms with van der Waals surface area (Å²) in [5, 5.41) is 14.5. The Hall–Kier alpha value is -5.52. The summed E-state index contributed by atoms with van der Waals surface area (Å²) in [4.78, 5) is 71.5. The van der Waals surface area contributed by atoms with E-state index in [1.807, 2.05) is 4.90 Å². The quantitative estimate of drug-likeness (QED) is 0.0461. The molecule has 2 aromatic carbocycles. The highest BCUT2D eigenvalue weighted by Crippen LogP contribution is 2.35. The van der Waals surface area contributed by atoms with Gasteiger partial charge in [-0.1, -0.05) is 23.7 Å². The number of anilines is 3. The van der Waals surface area contributed by atoms with Crippen LogP contribution in [0.2, 0.25) is 5.02 Å². The predicted molar refractivity (Wildman–Crippen MR) is 266 cm³/mol. The van der Waals surface area contributed by atoms with Crippen LogP contribution in [0.4, 0.5) is 17.5 Å². The fourth-order valence-corrected chi connectivity index (χ4v) is 8.80. The molecule has 0 radical (unpaired) electrons. The first-order chi connectivity index (χ1) is 34.0. The summed E-state index contributed by atoms with van der Waals surface area (Å²) in [5.74, 6) is 1.16. The molecule has 0 spiro atoms. The van der Waals surface area contributed by atoms with E-state index in [0.717, 1.165) is 32.5 Å². The Morgan fingerprint density at radius 2 is 1.53 bits per heavy atom. The molecule has 2 saturated heterocycles. The van der Waals surface area contributed by atoms with Crippen molar-refractivity contribution in [2.75, 3.05) is 131 Å². The smallest absolute Gasteiger partial charge is 0.254 e. The van der Waals surface area contributed by atoms with Gasteiger partial charge >= 0.3 is 0 Å². The molecule has 4 heterocycles. The van der Waals surface area contributed by atoms with E-state index in [0.29, 0.717) is 135 Å². The van der Waals surface area contributed by atoms with Crippen LogP contribution in [0, 0.1) is 0 Å². The number of nitrogens with one attached hydrogen (secondary N) is 4. The van der Waals surface area contributed by atoms with Crippen molar-refractivity contribution in [1.29, 1.82) is 0 Å². The van der Waals surface area contributed by atoms with Crippen molar-refractivity contribution >= 4 is 63.9 Å². The van der Waals surface area contributed by atoms with Crippen LogP contribution in [-0.4, -0.2) is 185 Å². The van der Waals surface area contributed by atoms with Crippen LogP contribution in [0.5, 0.6) is 11.5 Å². The number of halogens is 1. The summed E-state index contributed by atoms with van der Waals surface area (Å²) in [6.07, 6.45) is 3.05. The van der Waals surface area contributed by atoms with E-state index >= 15 is 0 Å². The number of likely N-dealkylation sites (tertiary alicyclic amines) is 1. The van der Waals surface area contributed by atoms with Crippen molar-refractivity contribution in [2.24, 2.45) is 0 Å². The lowest BCUT2D eigenvalue weighted by atomic mass is 10.1. The summed E-state index contributed by atoms with van der Waals surface area (Å²) in [6.45, 7) is 11.3. The van der Waals surface area contributed by atoms with Gasteiger partial charge in [0.15, 0.2) is 0 Å². The van der Waals surface area contributed by atoms with Gasteiger partial charge in [-0.3, -0.25) is 24.1 Å². The number of ether oxygens (including phenoxy) is 6. The molecule has 2 fully saturated rings. The minimum Gasteiger partial charge on any atom is -0.495 e. The number of piperazine rings is 1. The average molecular weight is 1010 g/mol. The van der Waals surface area contributed by atoms with E-state index in [-0.39, 0.29) is 29.5 Å². The van der Waals surface area contributed by atoms with Crippen molar-refractivity contribution in [2.45, 2.75) is 44.8 Å². The van der Waals surface area contributed by atoms with Gasteiger partial charge in [0.25, 0.3) is 5.91 Å².